The summed E-state index contributed by atoms with van der Waals surface area (Å²) in [4.78, 5) is 2.70. The molecule has 2 rings (SSSR count). The standard InChI is InChI=1S/C9H17N.C2H2/c1-2-7-10(8-3-1)9-5-4-6-9;1-2/h9H,1-8H2;1-2H. The highest BCUT2D eigenvalue weighted by Crippen LogP contribution is 2.26. The lowest BCUT2D eigenvalue weighted by molar-refractivity contribution is 0.105. The minimum atomic E-state index is 1.00. The van der Waals surface area contributed by atoms with Crippen molar-refractivity contribution in [1.82, 2.24) is 4.90 Å². The molecule has 0 aromatic heterocycles. The largest absolute Gasteiger partial charge is 0.300 e. The first-order chi connectivity index (χ1) is 5.97. The van der Waals surface area contributed by atoms with E-state index >= 15 is 0 Å². The zero-order valence-electron chi connectivity index (χ0n) is 7.84. The molecule has 0 amide bonds. The first-order valence-electron chi connectivity index (χ1n) is 5.04. The van der Waals surface area contributed by atoms with Crippen LogP contribution in [0, 0.1) is 12.8 Å². The molecule has 0 aromatic carbocycles. The average molecular weight is 165 g/mol. The van der Waals surface area contributed by atoms with Crippen LogP contribution in [0.5, 0.6) is 0 Å². The van der Waals surface area contributed by atoms with Crippen LogP contribution >= 0.6 is 0 Å². The maximum Gasteiger partial charge on any atom is 0.00952 e. The highest BCUT2D eigenvalue weighted by atomic mass is 15.2. The number of likely N-dealkylation sites (tertiary alicyclic amines) is 1. The smallest absolute Gasteiger partial charge is 0.00952 e. The topological polar surface area (TPSA) is 3.24 Å². The van der Waals surface area contributed by atoms with Crippen LogP contribution in [0.15, 0.2) is 0 Å². The Labute approximate surface area is 76.1 Å². The van der Waals surface area contributed by atoms with E-state index in [1.54, 1.807) is 0 Å². The minimum Gasteiger partial charge on any atom is -0.300 e. The lowest BCUT2D eigenvalue weighted by atomic mass is 9.90. The first kappa shape index (κ1) is 9.61. The Morgan fingerprint density at radius 3 is 1.83 bits per heavy atom. The van der Waals surface area contributed by atoms with Gasteiger partial charge in [0.15, 0.2) is 0 Å². The summed E-state index contributed by atoms with van der Waals surface area (Å²) in [5, 5.41) is 0. The number of terminal acetylenes is 1. The quantitative estimate of drug-likeness (QED) is 0.539. The van der Waals surface area contributed by atoms with Gasteiger partial charge in [0, 0.05) is 6.04 Å². The minimum absolute atomic E-state index is 1.00. The van der Waals surface area contributed by atoms with Gasteiger partial charge in [0.1, 0.15) is 0 Å². The Morgan fingerprint density at radius 2 is 1.42 bits per heavy atom. The lowest BCUT2D eigenvalue weighted by Gasteiger charge is -2.39. The predicted molar refractivity (Wildman–Crippen MR) is 53.0 cm³/mol. The molecule has 0 atom stereocenters. The predicted octanol–water partition coefficient (Wildman–Crippen LogP) is 2.27. The fourth-order valence-corrected chi connectivity index (χ4v) is 2.04. The molecule has 1 aliphatic heterocycles. The van der Waals surface area contributed by atoms with E-state index in [4.69, 9.17) is 0 Å². The number of rotatable bonds is 1. The summed E-state index contributed by atoms with van der Waals surface area (Å²) in [6.45, 7) is 2.79. The molecule has 0 aromatic rings. The molecule has 1 saturated heterocycles. The summed E-state index contributed by atoms with van der Waals surface area (Å²) in [5.74, 6) is 0. The molecule has 12 heavy (non-hydrogen) atoms. The molecule has 1 saturated carbocycles. The van der Waals surface area contributed by atoms with Gasteiger partial charge in [-0.1, -0.05) is 12.8 Å². The summed E-state index contributed by atoms with van der Waals surface area (Å²) in [6, 6.07) is 1.00. The van der Waals surface area contributed by atoms with Crippen LogP contribution in [-0.4, -0.2) is 24.0 Å². The van der Waals surface area contributed by atoms with E-state index in [1.807, 2.05) is 0 Å². The monoisotopic (exact) mass is 165 g/mol. The van der Waals surface area contributed by atoms with Crippen molar-refractivity contribution in [3.05, 3.63) is 0 Å². The summed E-state index contributed by atoms with van der Waals surface area (Å²) >= 11 is 0. The Kier molecular flexibility index (Phi) is 4.18. The molecule has 1 heterocycles. The van der Waals surface area contributed by atoms with Gasteiger partial charge in [0.05, 0.1) is 0 Å². The van der Waals surface area contributed by atoms with Gasteiger partial charge in [0.25, 0.3) is 0 Å². The highest BCUT2D eigenvalue weighted by Gasteiger charge is 2.25. The summed E-state index contributed by atoms with van der Waals surface area (Å²) in [5.41, 5.74) is 0. The van der Waals surface area contributed by atoms with E-state index < -0.39 is 0 Å². The molecule has 2 aliphatic rings. The summed E-state index contributed by atoms with van der Waals surface area (Å²) in [6.07, 6.45) is 16.8. The van der Waals surface area contributed by atoms with Crippen LogP contribution in [0.3, 0.4) is 0 Å². The van der Waals surface area contributed by atoms with Crippen molar-refractivity contribution in [3.63, 3.8) is 0 Å². The van der Waals surface area contributed by atoms with Gasteiger partial charge in [-0.3, -0.25) is 0 Å². The number of hydrogen-bond acceptors (Lipinski definition) is 1. The van der Waals surface area contributed by atoms with E-state index in [9.17, 15) is 0 Å². The SMILES string of the molecule is C#C.C1CCN(C2CCC2)CC1. The van der Waals surface area contributed by atoms with E-state index in [-0.39, 0.29) is 0 Å². The van der Waals surface area contributed by atoms with Crippen LogP contribution in [-0.2, 0) is 0 Å². The van der Waals surface area contributed by atoms with Gasteiger partial charge in [-0.05, 0) is 38.8 Å². The molecular weight excluding hydrogens is 146 g/mol. The number of hydrogen-bond donors (Lipinski definition) is 0. The molecular formula is C11H19N. The van der Waals surface area contributed by atoms with Gasteiger partial charge >= 0.3 is 0 Å². The van der Waals surface area contributed by atoms with E-state index in [1.165, 1.54) is 51.6 Å². The maximum atomic E-state index is 4.00. The van der Waals surface area contributed by atoms with Crippen molar-refractivity contribution >= 4 is 0 Å². The summed E-state index contributed by atoms with van der Waals surface area (Å²) in [7, 11) is 0. The van der Waals surface area contributed by atoms with Crippen molar-refractivity contribution in [1.29, 1.82) is 0 Å². The third kappa shape index (κ3) is 2.25. The van der Waals surface area contributed by atoms with Crippen LogP contribution < -0.4 is 0 Å². The zero-order valence-corrected chi connectivity index (χ0v) is 7.84. The molecule has 68 valence electrons. The summed E-state index contributed by atoms with van der Waals surface area (Å²) < 4.78 is 0. The Bertz CT molecular complexity index is 129. The molecule has 0 bridgehead atoms. The average Bonchev–Trinajstić information content (AvgIpc) is 2.07. The molecule has 1 nitrogen and oxygen atoms in total. The number of nitrogens with zero attached hydrogens (tertiary/aromatic N) is 1. The second-order valence-electron chi connectivity index (χ2n) is 3.68. The fraction of sp³-hybridized carbons (Fsp3) is 0.818. The van der Waals surface area contributed by atoms with Gasteiger partial charge < -0.3 is 4.90 Å². The third-order valence-electron chi connectivity index (χ3n) is 2.98. The molecule has 0 radical (unpaired) electrons. The van der Waals surface area contributed by atoms with E-state index in [0.29, 0.717) is 0 Å². The highest BCUT2D eigenvalue weighted by molar-refractivity contribution is 4.81. The maximum absolute atomic E-state index is 4.00. The number of piperidine rings is 1. The van der Waals surface area contributed by atoms with Crippen molar-refractivity contribution in [2.24, 2.45) is 0 Å². The van der Waals surface area contributed by atoms with Gasteiger partial charge in [-0.2, -0.15) is 0 Å². The zero-order chi connectivity index (χ0) is 8.81. The third-order valence-corrected chi connectivity index (χ3v) is 2.98. The van der Waals surface area contributed by atoms with Gasteiger partial charge in [0.2, 0.25) is 0 Å². The normalized spacial score (nSPS) is 25.2. The van der Waals surface area contributed by atoms with Crippen LogP contribution in [0.1, 0.15) is 38.5 Å². The van der Waals surface area contributed by atoms with Crippen molar-refractivity contribution in [2.75, 3.05) is 13.1 Å². The van der Waals surface area contributed by atoms with Crippen molar-refractivity contribution in [3.8, 4) is 12.8 Å². The van der Waals surface area contributed by atoms with Gasteiger partial charge in [-0.15, -0.1) is 12.8 Å². The lowest BCUT2D eigenvalue weighted by Crippen LogP contribution is -2.42. The van der Waals surface area contributed by atoms with E-state index in [2.05, 4.69) is 17.7 Å². The molecule has 0 N–H and O–H groups in total. The Hall–Kier alpha value is -0.480. The fourth-order valence-electron chi connectivity index (χ4n) is 2.04. The second-order valence-corrected chi connectivity index (χ2v) is 3.68. The van der Waals surface area contributed by atoms with Crippen molar-refractivity contribution in [2.45, 2.75) is 44.6 Å². The Balaban J connectivity index is 0.000000336. The molecule has 0 unspecified atom stereocenters. The van der Waals surface area contributed by atoms with Crippen LogP contribution in [0.2, 0.25) is 0 Å². The van der Waals surface area contributed by atoms with Crippen LogP contribution in [0.4, 0.5) is 0 Å². The second kappa shape index (κ2) is 5.22. The Morgan fingerprint density at radius 1 is 0.833 bits per heavy atom. The molecule has 0 spiro atoms. The first-order valence-corrected chi connectivity index (χ1v) is 5.04. The molecule has 1 aliphatic carbocycles. The van der Waals surface area contributed by atoms with Crippen molar-refractivity contribution < 1.29 is 0 Å². The van der Waals surface area contributed by atoms with Crippen LogP contribution in [0.25, 0.3) is 0 Å². The van der Waals surface area contributed by atoms with E-state index in [0.717, 1.165) is 6.04 Å². The van der Waals surface area contributed by atoms with Gasteiger partial charge in [-0.25, -0.2) is 0 Å². The molecule has 1 heteroatoms. The molecule has 2 fully saturated rings.